The zero-order valence-electron chi connectivity index (χ0n) is 7.00. The molecule has 1 aliphatic rings. The molecule has 62 valence electrons. The van der Waals surface area contributed by atoms with Crippen LogP contribution >= 0.6 is 0 Å². The zero-order chi connectivity index (χ0) is 8.10. The van der Waals surface area contributed by atoms with Crippen molar-refractivity contribution in [3.05, 3.63) is 25.4 Å². The Morgan fingerprint density at radius 2 is 1.73 bits per heavy atom. The topological polar surface area (TPSA) is 6.48 Å². The average molecular weight is 152 g/mol. The van der Waals surface area contributed by atoms with E-state index < -0.39 is 0 Å². The maximum Gasteiger partial charge on any atom is 0.0300 e. The minimum absolute atomic E-state index is 1.02. The van der Waals surface area contributed by atoms with Crippen LogP contribution in [0.15, 0.2) is 25.4 Å². The van der Waals surface area contributed by atoms with Gasteiger partial charge in [-0.25, -0.2) is 0 Å². The van der Waals surface area contributed by atoms with E-state index in [9.17, 15) is 0 Å². The highest BCUT2D eigenvalue weighted by molar-refractivity contribution is 4.82. The van der Waals surface area contributed by atoms with Gasteiger partial charge in [-0.15, -0.1) is 6.58 Å². The Kier molecular flexibility index (Phi) is 3.17. The third kappa shape index (κ3) is 2.39. The van der Waals surface area contributed by atoms with E-state index in [-0.39, 0.29) is 0 Å². The van der Waals surface area contributed by atoms with Crippen LogP contribution in [-0.4, -0.2) is 42.5 Å². The van der Waals surface area contributed by atoms with E-state index in [4.69, 9.17) is 0 Å². The summed E-state index contributed by atoms with van der Waals surface area (Å²) >= 11 is 0. The fraction of sp³-hybridized carbons (Fsp3) is 0.556. The number of nitrogens with zero attached hydrogens (tertiary/aromatic N) is 2. The van der Waals surface area contributed by atoms with Crippen molar-refractivity contribution < 1.29 is 0 Å². The predicted molar refractivity (Wildman–Crippen MR) is 48.4 cm³/mol. The van der Waals surface area contributed by atoms with E-state index in [0.717, 1.165) is 32.7 Å². The second kappa shape index (κ2) is 4.19. The Labute approximate surface area is 68.8 Å². The Balaban J connectivity index is 2.23. The van der Waals surface area contributed by atoms with E-state index in [1.54, 1.807) is 0 Å². The Bertz CT molecular complexity index is 134. The van der Waals surface area contributed by atoms with Crippen molar-refractivity contribution in [1.29, 1.82) is 0 Å². The van der Waals surface area contributed by atoms with Crippen molar-refractivity contribution in [2.45, 2.75) is 0 Å². The first-order valence-corrected chi connectivity index (χ1v) is 4.06. The lowest BCUT2D eigenvalue weighted by Crippen LogP contribution is -2.43. The number of hydrogen-bond acceptors (Lipinski definition) is 2. The molecule has 0 bridgehead atoms. The third-order valence-corrected chi connectivity index (χ3v) is 2.05. The van der Waals surface area contributed by atoms with Crippen molar-refractivity contribution in [3.8, 4) is 0 Å². The minimum atomic E-state index is 1.02. The first kappa shape index (κ1) is 8.34. The molecular weight excluding hydrogens is 136 g/mol. The van der Waals surface area contributed by atoms with Crippen LogP contribution < -0.4 is 0 Å². The second-order valence-electron chi connectivity index (χ2n) is 2.81. The quantitative estimate of drug-likeness (QED) is 0.555. The Morgan fingerprint density at radius 3 is 2.18 bits per heavy atom. The fourth-order valence-corrected chi connectivity index (χ4v) is 1.31. The average Bonchev–Trinajstić information content (AvgIpc) is 2.07. The molecule has 1 heterocycles. The molecule has 11 heavy (non-hydrogen) atoms. The molecule has 2 heteroatoms. The maximum absolute atomic E-state index is 3.74. The van der Waals surface area contributed by atoms with Crippen molar-refractivity contribution in [1.82, 2.24) is 9.80 Å². The lowest BCUT2D eigenvalue weighted by Gasteiger charge is -2.33. The van der Waals surface area contributed by atoms with Gasteiger partial charge in [0.1, 0.15) is 0 Å². The van der Waals surface area contributed by atoms with Gasteiger partial charge in [0, 0.05) is 32.7 Å². The van der Waals surface area contributed by atoms with Crippen molar-refractivity contribution in [2.75, 3.05) is 32.7 Å². The van der Waals surface area contributed by atoms with Crippen molar-refractivity contribution >= 4 is 0 Å². The summed E-state index contributed by atoms with van der Waals surface area (Å²) < 4.78 is 0. The second-order valence-corrected chi connectivity index (χ2v) is 2.81. The van der Waals surface area contributed by atoms with Crippen LogP contribution in [0.25, 0.3) is 0 Å². The molecule has 0 N–H and O–H groups in total. The summed E-state index contributed by atoms with van der Waals surface area (Å²) in [4.78, 5) is 4.65. The van der Waals surface area contributed by atoms with Gasteiger partial charge in [0.05, 0.1) is 0 Å². The van der Waals surface area contributed by atoms with Gasteiger partial charge >= 0.3 is 0 Å². The smallest absolute Gasteiger partial charge is 0.0300 e. The van der Waals surface area contributed by atoms with Crippen molar-refractivity contribution in [3.63, 3.8) is 0 Å². The molecule has 1 aliphatic heterocycles. The molecule has 0 spiro atoms. The first-order valence-electron chi connectivity index (χ1n) is 4.06. The molecule has 0 saturated carbocycles. The first-order chi connectivity index (χ1) is 5.36. The van der Waals surface area contributed by atoms with Crippen LogP contribution in [0, 0.1) is 0 Å². The summed E-state index contributed by atoms with van der Waals surface area (Å²) in [5, 5.41) is 0. The van der Waals surface area contributed by atoms with Gasteiger partial charge in [0.25, 0.3) is 0 Å². The van der Waals surface area contributed by atoms with E-state index in [1.165, 1.54) is 0 Å². The molecule has 0 radical (unpaired) electrons. The monoisotopic (exact) mass is 152 g/mol. The van der Waals surface area contributed by atoms with Crippen LogP contribution in [0.2, 0.25) is 0 Å². The lowest BCUT2D eigenvalue weighted by molar-refractivity contribution is 0.183. The van der Waals surface area contributed by atoms with Gasteiger partial charge in [-0.3, -0.25) is 4.90 Å². The predicted octanol–water partition coefficient (Wildman–Crippen LogP) is 0.933. The van der Waals surface area contributed by atoms with E-state index >= 15 is 0 Å². The van der Waals surface area contributed by atoms with Crippen LogP contribution in [0.3, 0.4) is 0 Å². The summed E-state index contributed by atoms with van der Waals surface area (Å²) in [7, 11) is 0. The molecule has 1 rings (SSSR count). The zero-order valence-corrected chi connectivity index (χ0v) is 7.00. The molecular formula is C9H16N2. The molecule has 0 aromatic carbocycles. The maximum atomic E-state index is 3.74. The standard InChI is InChI=1S/C9H16N2/c1-3-5-11-8-6-10(4-2)7-9-11/h3-4H,1-2,5-9H2. The van der Waals surface area contributed by atoms with Crippen LogP contribution in [0.4, 0.5) is 0 Å². The highest BCUT2D eigenvalue weighted by Gasteiger charge is 2.11. The van der Waals surface area contributed by atoms with E-state index in [0.29, 0.717) is 0 Å². The van der Waals surface area contributed by atoms with Gasteiger partial charge < -0.3 is 4.90 Å². The summed E-state index contributed by atoms with van der Waals surface area (Å²) in [6, 6.07) is 0. The van der Waals surface area contributed by atoms with Crippen LogP contribution in [-0.2, 0) is 0 Å². The summed E-state index contributed by atoms with van der Waals surface area (Å²) in [5.74, 6) is 0. The minimum Gasteiger partial charge on any atom is -0.375 e. The molecule has 0 atom stereocenters. The molecule has 0 aromatic rings. The summed E-state index contributed by atoms with van der Waals surface area (Å²) in [5.41, 5.74) is 0. The van der Waals surface area contributed by atoms with Crippen LogP contribution in [0.5, 0.6) is 0 Å². The number of piperazine rings is 1. The Hall–Kier alpha value is -0.760. The summed E-state index contributed by atoms with van der Waals surface area (Å²) in [6.45, 7) is 13.0. The fourth-order valence-electron chi connectivity index (χ4n) is 1.31. The molecule has 0 unspecified atom stereocenters. The number of hydrogen-bond donors (Lipinski definition) is 0. The third-order valence-electron chi connectivity index (χ3n) is 2.05. The molecule has 2 nitrogen and oxygen atoms in total. The number of rotatable bonds is 3. The van der Waals surface area contributed by atoms with Crippen molar-refractivity contribution in [2.24, 2.45) is 0 Å². The highest BCUT2D eigenvalue weighted by Crippen LogP contribution is 2.00. The molecule has 1 saturated heterocycles. The van der Waals surface area contributed by atoms with Gasteiger partial charge in [0.2, 0.25) is 0 Å². The largest absolute Gasteiger partial charge is 0.375 e. The van der Waals surface area contributed by atoms with Gasteiger partial charge in [-0.2, -0.15) is 0 Å². The molecule has 1 fully saturated rings. The van der Waals surface area contributed by atoms with E-state index in [2.05, 4.69) is 23.0 Å². The van der Waals surface area contributed by atoms with Gasteiger partial charge in [0.15, 0.2) is 0 Å². The van der Waals surface area contributed by atoms with Crippen LogP contribution in [0.1, 0.15) is 0 Å². The SMILES string of the molecule is C=CCN1CCN(C=C)CC1. The molecule has 0 amide bonds. The highest BCUT2D eigenvalue weighted by atomic mass is 15.2. The van der Waals surface area contributed by atoms with Gasteiger partial charge in [-0.1, -0.05) is 12.7 Å². The molecule has 0 aromatic heterocycles. The summed E-state index contributed by atoms with van der Waals surface area (Å²) in [6.07, 6.45) is 3.88. The van der Waals surface area contributed by atoms with Gasteiger partial charge in [-0.05, 0) is 6.20 Å². The van der Waals surface area contributed by atoms with E-state index in [1.807, 2.05) is 12.3 Å². The lowest BCUT2D eigenvalue weighted by atomic mass is 10.3. The Morgan fingerprint density at radius 1 is 1.09 bits per heavy atom. The normalized spacial score (nSPS) is 19.8. The molecule has 0 aliphatic carbocycles.